The second-order valence-electron chi connectivity index (χ2n) is 9.68. The van der Waals surface area contributed by atoms with Gasteiger partial charge in [0.25, 0.3) is 0 Å². The minimum atomic E-state index is 0.383. The van der Waals surface area contributed by atoms with Gasteiger partial charge < -0.3 is 0 Å². The van der Waals surface area contributed by atoms with Gasteiger partial charge in [-0.15, -0.1) is 6.58 Å². The molecular weight excluding hydrogens is 336 g/mol. The Morgan fingerprint density at radius 2 is 0.786 bits per heavy atom. The van der Waals surface area contributed by atoms with Gasteiger partial charge in [0.15, 0.2) is 0 Å². The Morgan fingerprint density at radius 3 is 1.04 bits per heavy atom. The van der Waals surface area contributed by atoms with Gasteiger partial charge >= 0.3 is 0 Å². The number of unbranched alkanes of at least 4 members (excludes halogenated alkanes) is 19. The molecular formula is C28H56. The van der Waals surface area contributed by atoms with Gasteiger partial charge in [-0.1, -0.05) is 155 Å². The van der Waals surface area contributed by atoms with E-state index in [1.807, 2.05) is 0 Å². The summed E-state index contributed by atoms with van der Waals surface area (Å²) in [7, 11) is 0. The van der Waals surface area contributed by atoms with Crippen LogP contribution in [-0.2, 0) is 0 Å². The van der Waals surface area contributed by atoms with E-state index in [0.717, 1.165) is 0 Å². The summed E-state index contributed by atoms with van der Waals surface area (Å²) in [6.45, 7) is 11.0. The molecule has 168 valence electrons. The van der Waals surface area contributed by atoms with Gasteiger partial charge in [0.2, 0.25) is 0 Å². The van der Waals surface area contributed by atoms with Crippen LogP contribution in [-0.4, -0.2) is 0 Å². The molecule has 0 radical (unpaired) electrons. The van der Waals surface area contributed by atoms with Crippen molar-refractivity contribution in [3.8, 4) is 0 Å². The third-order valence-electron chi connectivity index (χ3n) is 6.90. The highest BCUT2D eigenvalue weighted by Crippen LogP contribution is 2.29. The highest BCUT2D eigenvalue weighted by atomic mass is 14.2. The molecule has 0 bridgehead atoms. The Hall–Kier alpha value is -0.260. The van der Waals surface area contributed by atoms with Crippen molar-refractivity contribution in [2.45, 2.75) is 162 Å². The smallest absolute Gasteiger partial charge is 0.0152 e. The summed E-state index contributed by atoms with van der Waals surface area (Å²) in [6.07, 6.45) is 33.9. The van der Waals surface area contributed by atoms with Crippen molar-refractivity contribution in [3.63, 3.8) is 0 Å². The Bertz CT molecular complexity index is 305. The fourth-order valence-corrected chi connectivity index (χ4v) is 4.21. The third kappa shape index (κ3) is 19.1. The van der Waals surface area contributed by atoms with Crippen LogP contribution in [0.4, 0.5) is 0 Å². The SMILES string of the molecule is C=CC(C)(CC)CCCCCCCCCCCCCCCCCCCCCC. The molecule has 28 heavy (non-hydrogen) atoms. The van der Waals surface area contributed by atoms with Crippen molar-refractivity contribution in [3.05, 3.63) is 12.7 Å². The second kappa shape index (κ2) is 21.4. The van der Waals surface area contributed by atoms with Crippen molar-refractivity contribution < 1.29 is 0 Å². The van der Waals surface area contributed by atoms with Gasteiger partial charge in [-0.25, -0.2) is 0 Å². The molecule has 0 spiro atoms. The minimum absolute atomic E-state index is 0.383. The molecule has 0 nitrogen and oxygen atoms in total. The van der Waals surface area contributed by atoms with E-state index >= 15 is 0 Å². The average Bonchev–Trinajstić information content (AvgIpc) is 2.72. The fraction of sp³-hybridized carbons (Fsp3) is 0.929. The van der Waals surface area contributed by atoms with Gasteiger partial charge in [-0.05, 0) is 18.3 Å². The second-order valence-corrected chi connectivity index (χ2v) is 9.68. The minimum Gasteiger partial charge on any atom is -0.103 e. The summed E-state index contributed by atoms with van der Waals surface area (Å²) in [4.78, 5) is 0. The molecule has 0 heteroatoms. The summed E-state index contributed by atoms with van der Waals surface area (Å²) < 4.78 is 0. The molecule has 0 saturated carbocycles. The number of rotatable bonds is 23. The molecule has 0 aliphatic rings. The molecule has 0 fully saturated rings. The van der Waals surface area contributed by atoms with Gasteiger partial charge in [-0.3, -0.25) is 0 Å². The maximum Gasteiger partial charge on any atom is -0.0152 e. The van der Waals surface area contributed by atoms with Crippen LogP contribution >= 0.6 is 0 Å². The first kappa shape index (κ1) is 27.7. The Kier molecular flexibility index (Phi) is 21.2. The molecule has 1 atom stereocenters. The summed E-state index contributed by atoms with van der Waals surface area (Å²) >= 11 is 0. The summed E-state index contributed by atoms with van der Waals surface area (Å²) in [5, 5.41) is 0. The van der Waals surface area contributed by atoms with E-state index in [1.165, 1.54) is 141 Å². The predicted molar refractivity (Wildman–Crippen MR) is 131 cm³/mol. The first-order valence-corrected chi connectivity index (χ1v) is 13.3. The number of hydrogen-bond acceptors (Lipinski definition) is 0. The Labute approximate surface area is 180 Å². The molecule has 0 amide bonds. The summed E-state index contributed by atoms with van der Waals surface area (Å²) in [5.74, 6) is 0. The molecule has 0 aromatic heterocycles. The number of allylic oxidation sites excluding steroid dienone is 1. The summed E-state index contributed by atoms with van der Waals surface area (Å²) in [5.41, 5.74) is 0.383. The van der Waals surface area contributed by atoms with Crippen LogP contribution in [0.15, 0.2) is 12.7 Å². The first-order chi connectivity index (χ1) is 13.7. The first-order valence-electron chi connectivity index (χ1n) is 13.3. The third-order valence-corrected chi connectivity index (χ3v) is 6.90. The zero-order chi connectivity index (χ0) is 20.8. The lowest BCUT2D eigenvalue weighted by Crippen LogP contribution is -2.10. The average molecular weight is 393 g/mol. The van der Waals surface area contributed by atoms with Crippen molar-refractivity contribution in [2.24, 2.45) is 5.41 Å². The van der Waals surface area contributed by atoms with Crippen LogP contribution in [0.1, 0.15) is 162 Å². The van der Waals surface area contributed by atoms with Gasteiger partial charge in [-0.2, -0.15) is 0 Å². The normalized spacial score (nSPS) is 13.5. The largest absolute Gasteiger partial charge is 0.103 e. The molecule has 0 rings (SSSR count). The lowest BCUT2D eigenvalue weighted by Gasteiger charge is -2.23. The zero-order valence-corrected chi connectivity index (χ0v) is 20.3. The maximum absolute atomic E-state index is 4.01. The van der Waals surface area contributed by atoms with Gasteiger partial charge in [0.05, 0.1) is 0 Å². The molecule has 0 aliphatic heterocycles. The Balaban J connectivity index is 3.11. The Morgan fingerprint density at radius 1 is 0.500 bits per heavy atom. The lowest BCUT2D eigenvalue weighted by molar-refractivity contribution is 0.357. The van der Waals surface area contributed by atoms with E-state index in [9.17, 15) is 0 Å². The van der Waals surface area contributed by atoms with Gasteiger partial charge in [0.1, 0.15) is 0 Å². The molecule has 0 N–H and O–H groups in total. The lowest BCUT2D eigenvalue weighted by atomic mass is 9.82. The van der Waals surface area contributed by atoms with Crippen LogP contribution in [0.3, 0.4) is 0 Å². The van der Waals surface area contributed by atoms with E-state index in [-0.39, 0.29) is 0 Å². The van der Waals surface area contributed by atoms with Crippen LogP contribution in [0.5, 0.6) is 0 Å². The molecule has 0 saturated heterocycles. The highest BCUT2D eigenvalue weighted by Gasteiger charge is 2.16. The van der Waals surface area contributed by atoms with E-state index in [4.69, 9.17) is 0 Å². The number of hydrogen-bond donors (Lipinski definition) is 0. The van der Waals surface area contributed by atoms with E-state index in [0.29, 0.717) is 5.41 Å². The maximum atomic E-state index is 4.01. The van der Waals surface area contributed by atoms with Crippen LogP contribution < -0.4 is 0 Å². The van der Waals surface area contributed by atoms with E-state index < -0.39 is 0 Å². The zero-order valence-electron chi connectivity index (χ0n) is 20.3. The van der Waals surface area contributed by atoms with Crippen LogP contribution in [0.25, 0.3) is 0 Å². The van der Waals surface area contributed by atoms with Crippen molar-refractivity contribution in [2.75, 3.05) is 0 Å². The molecule has 0 aliphatic carbocycles. The summed E-state index contributed by atoms with van der Waals surface area (Å²) in [6, 6.07) is 0. The predicted octanol–water partition coefficient (Wildman–Crippen LogP) is 10.8. The molecule has 0 aromatic rings. The quantitative estimate of drug-likeness (QED) is 0.120. The van der Waals surface area contributed by atoms with Crippen molar-refractivity contribution in [1.82, 2.24) is 0 Å². The molecule has 0 aromatic carbocycles. The topological polar surface area (TPSA) is 0 Å². The van der Waals surface area contributed by atoms with Crippen LogP contribution in [0.2, 0.25) is 0 Å². The fourth-order valence-electron chi connectivity index (χ4n) is 4.21. The van der Waals surface area contributed by atoms with E-state index in [2.05, 4.69) is 33.4 Å². The standard InChI is InChI=1S/C28H56/c1-5-8-9-10-11-12-13-14-15-16-17-18-19-20-21-22-23-24-25-26-27-28(4,6-2)7-3/h6H,2,5,7-27H2,1,3-4H3. The molecule has 0 heterocycles. The van der Waals surface area contributed by atoms with Crippen LogP contribution in [0, 0.1) is 5.41 Å². The highest BCUT2D eigenvalue weighted by molar-refractivity contribution is 4.89. The van der Waals surface area contributed by atoms with E-state index in [1.54, 1.807) is 0 Å². The monoisotopic (exact) mass is 392 g/mol. The van der Waals surface area contributed by atoms with Crippen molar-refractivity contribution >= 4 is 0 Å². The molecule has 1 unspecified atom stereocenters. The van der Waals surface area contributed by atoms with Crippen molar-refractivity contribution in [1.29, 1.82) is 0 Å². The van der Waals surface area contributed by atoms with Gasteiger partial charge in [0, 0.05) is 0 Å².